The van der Waals surface area contributed by atoms with Crippen LogP contribution in [0, 0.1) is 6.92 Å². The lowest BCUT2D eigenvalue weighted by molar-refractivity contribution is 0.686. The SMILES string of the molecule is Cc1ccc(C(C)C)cc1CCNCCN. The zero-order chi connectivity index (χ0) is 12.0. The van der Waals surface area contributed by atoms with E-state index in [1.165, 1.54) is 16.7 Å². The van der Waals surface area contributed by atoms with Crippen LogP contribution < -0.4 is 11.1 Å². The fourth-order valence-electron chi connectivity index (χ4n) is 1.77. The van der Waals surface area contributed by atoms with Gasteiger partial charge in [0.25, 0.3) is 0 Å². The highest BCUT2D eigenvalue weighted by molar-refractivity contribution is 5.32. The molecule has 0 spiro atoms. The summed E-state index contributed by atoms with van der Waals surface area (Å²) in [5.41, 5.74) is 9.71. The first-order chi connectivity index (χ1) is 7.65. The molecule has 0 radical (unpaired) electrons. The Labute approximate surface area is 99.2 Å². The highest BCUT2D eigenvalue weighted by atomic mass is 14.9. The third kappa shape index (κ3) is 3.95. The van der Waals surface area contributed by atoms with Crippen LogP contribution in [0.4, 0.5) is 0 Å². The molecule has 0 aromatic heterocycles. The second kappa shape index (κ2) is 6.66. The molecule has 0 aliphatic heterocycles. The van der Waals surface area contributed by atoms with E-state index >= 15 is 0 Å². The number of hydrogen-bond donors (Lipinski definition) is 2. The van der Waals surface area contributed by atoms with E-state index in [-0.39, 0.29) is 0 Å². The van der Waals surface area contributed by atoms with Crippen molar-refractivity contribution in [3.05, 3.63) is 34.9 Å². The average Bonchev–Trinajstić information content (AvgIpc) is 2.26. The molecule has 0 saturated heterocycles. The van der Waals surface area contributed by atoms with Crippen LogP contribution in [0.1, 0.15) is 36.5 Å². The van der Waals surface area contributed by atoms with Gasteiger partial charge in [0.2, 0.25) is 0 Å². The number of aryl methyl sites for hydroxylation is 1. The Kier molecular flexibility index (Phi) is 5.50. The van der Waals surface area contributed by atoms with E-state index in [9.17, 15) is 0 Å². The van der Waals surface area contributed by atoms with Crippen molar-refractivity contribution in [3.8, 4) is 0 Å². The minimum absolute atomic E-state index is 0.608. The van der Waals surface area contributed by atoms with E-state index < -0.39 is 0 Å². The van der Waals surface area contributed by atoms with E-state index in [1.54, 1.807) is 0 Å². The smallest absolute Gasteiger partial charge is 0.00746 e. The van der Waals surface area contributed by atoms with E-state index in [4.69, 9.17) is 5.73 Å². The lowest BCUT2D eigenvalue weighted by Crippen LogP contribution is -2.24. The predicted molar refractivity (Wildman–Crippen MR) is 70.9 cm³/mol. The fraction of sp³-hybridized carbons (Fsp3) is 0.571. The molecule has 0 atom stereocenters. The van der Waals surface area contributed by atoms with Gasteiger partial charge in [-0.2, -0.15) is 0 Å². The average molecular weight is 220 g/mol. The Balaban J connectivity index is 2.60. The normalized spacial score (nSPS) is 11.1. The van der Waals surface area contributed by atoms with Crippen LogP contribution in [0.25, 0.3) is 0 Å². The van der Waals surface area contributed by atoms with Gasteiger partial charge >= 0.3 is 0 Å². The van der Waals surface area contributed by atoms with Gasteiger partial charge in [0.15, 0.2) is 0 Å². The van der Waals surface area contributed by atoms with Gasteiger partial charge in [0.1, 0.15) is 0 Å². The van der Waals surface area contributed by atoms with Crippen LogP contribution in [-0.4, -0.2) is 19.6 Å². The summed E-state index contributed by atoms with van der Waals surface area (Å²) in [5.74, 6) is 0.608. The molecule has 0 aliphatic rings. The molecular formula is C14H24N2. The molecular weight excluding hydrogens is 196 g/mol. The summed E-state index contributed by atoms with van der Waals surface area (Å²) >= 11 is 0. The quantitative estimate of drug-likeness (QED) is 0.721. The van der Waals surface area contributed by atoms with Gasteiger partial charge in [-0.05, 0) is 42.5 Å². The Morgan fingerprint density at radius 2 is 2.00 bits per heavy atom. The molecule has 1 aromatic rings. The largest absolute Gasteiger partial charge is 0.329 e. The van der Waals surface area contributed by atoms with Crippen LogP contribution in [0.3, 0.4) is 0 Å². The van der Waals surface area contributed by atoms with Crippen molar-refractivity contribution in [3.63, 3.8) is 0 Å². The molecule has 0 bridgehead atoms. The van der Waals surface area contributed by atoms with Gasteiger partial charge in [0.05, 0.1) is 0 Å². The second-order valence-corrected chi connectivity index (χ2v) is 4.63. The lowest BCUT2D eigenvalue weighted by atomic mass is 9.96. The topological polar surface area (TPSA) is 38.0 Å². The molecule has 0 unspecified atom stereocenters. The van der Waals surface area contributed by atoms with E-state index in [0.29, 0.717) is 12.5 Å². The third-order valence-electron chi connectivity index (χ3n) is 2.93. The minimum Gasteiger partial charge on any atom is -0.329 e. The maximum absolute atomic E-state index is 5.44. The van der Waals surface area contributed by atoms with Gasteiger partial charge in [-0.15, -0.1) is 0 Å². The number of nitrogens with two attached hydrogens (primary N) is 1. The Bertz CT molecular complexity index is 319. The number of nitrogens with one attached hydrogen (secondary N) is 1. The number of rotatable bonds is 6. The summed E-state index contributed by atoms with van der Waals surface area (Å²) < 4.78 is 0. The van der Waals surface area contributed by atoms with Gasteiger partial charge in [0, 0.05) is 13.1 Å². The predicted octanol–water partition coefficient (Wildman–Crippen LogP) is 2.21. The fourth-order valence-corrected chi connectivity index (χ4v) is 1.77. The Hall–Kier alpha value is -0.860. The summed E-state index contributed by atoms with van der Waals surface area (Å²) in [6, 6.07) is 6.80. The molecule has 0 saturated carbocycles. The monoisotopic (exact) mass is 220 g/mol. The first-order valence-electron chi connectivity index (χ1n) is 6.15. The van der Waals surface area contributed by atoms with Crippen molar-refractivity contribution in [2.24, 2.45) is 5.73 Å². The van der Waals surface area contributed by atoms with Crippen LogP contribution in [0.2, 0.25) is 0 Å². The van der Waals surface area contributed by atoms with Crippen molar-refractivity contribution in [2.75, 3.05) is 19.6 Å². The number of benzene rings is 1. The van der Waals surface area contributed by atoms with E-state index in [2.05, 4.69) is 44.3 Å². The third-order valence-corrected chi connectivity index (χ3v) is 2.93. The summed E-state index contributed by atoms with van der Waals surface area (Å²) in [5, 5.41) is 3.33. The van der Waals surface area contributed by atoms with Crippen molar-refractivity contribution < 1.29 is 0 Å². The van der Waals surface area contributed by atoms with Crippen molar-refractivity contribution in [1.29, 1.82) is 0 Å². The molecule has 1 aromatic carbocycles. The van der Waals surface area contributed by atoms with Gasteiger partial charge in [-0.25, -0.2) is 0 Å². The van der Waals surface area contributed by atoms with Crippen molar-refractivity contribution >= 4 is 0 Å². The standard InChI is InChI=1S/C14H24N2/c1-11(2)13-5-4-12(3)14(10-13)6-8-16-9-7-15/h4-5,10-11,16H,6-9,15H2,1-3H3. The molecule has 2 nitrogen and oxygen atoms in total. The minimum atomic E-state index is 0.608. The molecule has 3 N–H and O–H groups in total. The summed E-state index contributed by atoms with van der Waals surface area (Å²) in [6.07, 6.45) is 1.09. The van der Waals surface area contributed by atoms with E-state index in [1.807, 2.05) is 0 Å². The second-order valence-electron chi connectivity index (χ2n) is 4.63. The van der Waals surface area contributed by atoms with Crippen molar-refractivity contribution in [1.82, 2.24) is 5.32 Å². The molecule has 2 heteroatoms. The molecule has 1 rings (SSSR count). The highest BCUT2D eigenvalue weighted by Crippen LogP contribution is 2.18. The zero-order valence-corrected chi connectivity index (χ0v) is 10.7. The van der Waals surface area contributed by atoms with Gasteiger partial charge in [-0.1, -0.05) is 32.0 Å². The molecule has 90 valence electrons. The molecule has 0 heterocycles. The first kappa shape index (κ1) is 13.2. The summed E-state index contributed by atoms with van der Waals surface area (Å²) in [6.45, 7) is 9.29. The highest BCUT2D eigenvalue weighted by Gasteiger charge is 2.03. The van der Waals surface area contributed by atoms with Crippen LogP contribution >= 0.6 is 0 Å². The summed E-state index contributed by atoms with van der Waals surface area (Å²) in [4.78, 5) is 0. The molecule has 0 aliphatic carbocycles. The van der Waals surface area contributed by atoms with Crippen molar-refractivity contribution in [2.45, 2.75) is 33.1 Å². The lowest BCUT2D eigenvalue weighted by Gasteiger charge is -2.11. The molecule has 16 heavy (non-hydrogen) atoms. The Morgan fingerprint density at radius 3 is 2.62 bits per heavy atom. The molecule has 0 amide bonds. The van der Waals surface area contributed by atoms with E-state index in [0.717, 1.165) is 19.5 Å². The maximum atomic E-state index is 5.44. The molecule has 0 fully saturated rings. The number of hydrogen-bond acceptors (Lipinski definition) is 2. The van der Waals surface area contributed by atoms with Crippen LogP contribution in [-0.2, 0) is 6.42 Å². The zero-order valence-electron chi connectivity index (χ0n) is 10.7. The van der Waals surface area contributed by atoms with Gasteiger partial charge < -0.3 is 11.1 Å². The maximum Gasteiger partial charge on any atom is 0.00746 e. The van der Waals surface area contributed by atoms with Crippen LogP contribution in [0.15, 0.2) is 18.2 Å². The Morgan fingerprint density at radius 1 is 1.25 bits per heavy atom. The van der Waals surface area contributed by atoms with Gasteiger partial charge in [-0.3, -0.25) is 0 Å². The summed E-state index contributed by atoms with van der Waals surface area (Å²) in [7, 11) is 0. The van der Waals surface area contributed by atoms with Crippen LogP contribution in [0.5, 0.6) is 0 Å². The first-order valence-corrected chi connectivity index (χ1v) is 6.15.